The molecule has 0 spiro atoms. The Morgan fingerprint density at radius 1 is 1.08 bits per heavy atom. The second-order valence-electron chi connectivity index (χ2n) is 5.67. The number of nitrogens with one attached hydrogen (secondary N) is 1. The number of hydrogen-bond donors (Lipinski definition) is 1. The molecule has 1 saturated heterocycles. The first kappa shape index (κ1) is 15.9. The lowest BCUT2D eigenvalue weighted by Crippen LogP contribution is -2.46. The molecule has 24 heavy (non-hydrogen) atoms. The molecular weight excluding hydrogens is 306 g/mol. The molecule has 1 aliphatic rings. The third-order valence-electron chi connectivity index (χ3n) is 4.07. The summed E-state index contributed by atoms with van der Waals surface area (Å²) >= 11 is 0. The summed E-state index contributed by atoms with van der Waals surface area (Å²) in [4.78, 5) is 26.8. The van der Waals surface area contributed by atoms with Crippen LogP contribution in [0.1, 0.15) is 15.9 Å². The molecule has 2 heterocycles. The summed E-state index contributed by atoms with van der Waals surface area (Å²) in [7, 11) is 0. The van der Waals surface area contributed by atoms with Gasteiger partial charge < -0.3 is 15.1 Å². The minimum atomic E-state index is -0.199. The minimum Gasteiger partial charge on any atom is -0.352 e. The van der Waals surface area contributed by atoms with Gasteiger partial charge in [-0.15, -0.1) is 10.2 Å². The van der Waals surface area contributed by atoms with Crippen LogP contribution in [0.4, 0.5) is 11.6 Å². The molecule has 7 heteroatoms. The minimum absolute atomic E-state index is 0.199. The van der Waals surface area contributed by atoms with Crippen LogP contribution in [0.2, 0.25) is 0 Å². The Kier molecular flexibility index (Phi) is 4.69. The van der Waals surface area contributed by atoms with Gasteiger partial charge >= 0.3 is 0 Å². The first-order chi connectivity index (χ1) is 11.7. The zero-order chi connectivity index (χ0) is 16.9. The smallest absolute Gasteiger partial charge is 0.257 e. The maximum Gasteiger partial charge on any atom is 0.257 e. The topological polar surface area (TPSA) is 78.4 Å². The van der Waals surface area contributed by atoms with Gasteiger partial charge in [-0.3, -0.25) is 9.59 Å². The SMILES string of the molecule is Cc1ccccc1C(=O)Nc1ccc(N2CCN(C=O)CC2)nn1. The average molecular weight is 325 g/mol. The van der Waals surface area contributed by atoms with Crippen molar-refractivity contribution in [3.05, 3.63) is 47.5 Å². The summed E-state index contributed by atoms with van der Waals surface area (Å²) in [6, 6.07) is 11.0. The normalized spacial score (nSPS) is 14.4. The van der Waals surface area contributed by atoms with E-state index in [9.17, 15) is 9.59 Å². The number of aryl methyl sites for hydroxylation is 1. The molecule has 2 aromatic rings. The van der Waals surface area contributed by atoms with E-state index >= 15 is 0 Å². The first-order valence-electron chi connectivity index (χ1n) is 7.82. The fourth-order valence-electron chi connectivity index (χ4n) is 2.63. The molecule has 1 aliphatic heterocycles. The van der Waals surface area contributed by atoms with E-state index in [1.165, 1.54) is 0 Å². The number of amides is 2. The van der Waals surface area contributed by atoms with Crippen molar-refractivity contribution in [3.63, 3.8) is 0 Å². The molecule has 2 amide bonds. The summed E-state index contributed by atoms with van der Waals surface area (Å²) in [5, 5.41) is 11.0. The quantitative estimate of drug-likeness (QED) is 0.858. The number of hydrogen-bond acceptors (Lipinski definition) is 5. The summed E-state index contributed by atoms with van der Waals surface area (Å²) < 4.78 is 0. The van der Waals surface area contributed by atoms with Crippen molar-refractivity contribution in [1.82, 2.24) is 15.1 Å². The lowest BCUT2D eigenvalue weighted by atomic mass is 10.1. The van der Waals surface area contributed by atoms with E-state index in [1.807, 2.05) is 31.2 Å². The van der Waals surface area contributed by atoms with Gasteiger partial charge in [-0.05, 0) is 30.7 Å². The summed E-state index contributed by atoms with van der Waals surface area (Å²) in [5.41, 5.74) is 1.53. The fourth-order valence-corrected chi connectivity index (χ4v) is 2.63. The molecule has 1 aromatic heterocycles. The van der Waals surface area contributed by atoms with Crippen LogP contribution in [0, 0.1) is 6.92 Å². The molecule has 1 fully saturated rings. The second-order valence-corrected chi connectivity index (χ2v) is 5.67. The van der Waals surface area contributed by atoms with E-state index in [-0.39, 0.29) is 5.91 Å². The maximum absolute atomic E-state index is 12.3. The number of anilines is 2. The molecule has 124 valence electrons. The Morgan fingerprint density at radius 3 is 2.46 bits per heavy atom. The number of carbonyl (C=O) groups excluding carboxylic acids is 2. The summed E-state index contributed by atoms with van der Waals surface area (Å²) in [6.07, 6.45) is 0.868. The molecule has 0 atom stereocenters. The van der Waals surface area contributed by atoms with Crippen LogP contribution in [0.3, 0.4) is 0 Å². The van der Waals surface area contributed by atoms with Gasteiger partial charge in [-0.1, -0.05) is 18.2 Å². The van der Waals surface area contributed by atoms with Crippen LogP contribution < -0.4 is 10.2 Å². The molecule has 0 radical (unpaired) electrons. The Bertz CT molecular complexity index is 724. The zero-order valence-electron chi connectivity index (χ0n) is 13.5. The Morgan fingerprint density at radius 2 is 1.83 bits per heavy atom. The molecule has 0 aliphatic carbocycles. The zero-order valence-corrected chi connectivity index (χ0v) is 13.5. The molecule has 0 bridgehead atoms. The summed E-state index contributed by atoms with van der Waals surface area (Å²) in [5.74, 6) is 0.961. The highest BCUT2D eigenvalue weighted by molar-refractivity contribution is 6.04. The standard InChI is InChI=1S/C17H19N5O2/c1-13-4-2-3-5-14(13)17(24)18-15-6-7-16(20-19-15)22-10-8-21(12-23)9-11-22/h2-7,12H,8-11H2,1H3,(H,18,19,24). The van der Waals surface area contributed by atoms with Crippen molar-refractivity contribution in [2.75, 3.05) is 36.4 Å². The molecule has 1 aromatic carbocycles. The highest BCUT2D eigenvalue weighted by Gasteiger charge is 2.17. The number of benzene rings is 1. The van der Waals surface area contributed by atoms with E-state index in [4.69, 9.17) is 0 Å². The van der Waals surface area contributed by atoms with Gasteiger partial charge in [-0.25, -0.2) is 0 Å². The largest absolute Gasteiger partial charge is 0.352 e. The average Bonchev–Trinajstić information content (AvgIpc) is 2.63. The van der Waals surface area contributed by atoms with Crippen LogP contribution in [-0.4, -0.2) is 53.6 Å². The van der Waals surface area contributed by atoms with Crippen LogP contribution in [-0.2, 0) is 4.79 Å². The van der Waals surface area contributed by atoms with E-state index in [0.717, 1.165) is 30.9 Å². The Balaban J connectivity index is 1.64. The molecular formula is C17H19N5O2. The predicted octanol–water partition coefficient (Wildman–Crippen LogP) is 1.32. The molecule has 0 saturated carbocycles. The van der Waals surface area contributed by atoms with Crippen LogP contribution in [0.15, 0.2) is 36.4 Å². The van der Waals surface area contributed by atoms with Crippen LogP contribution in [0.5, 0.6) is 0 Å². The molecule has 7 nitrogen and oxygen atoms in total. The van der Waals surface area contributed by atoms with Gasteiger partial charge in [0.25, 0.3) is 5.91 Å². The third kappa shape index (κ3) is 3.51. The van der Waals surface area contributed by atoms with Gasteiger partial charge in [0, 0.05) is 31.7 Å². The van der Waals surface area contributed by atoms with Gasteiger partial charge in [0.15, 0.2) is 11.6 Å². The van der Waals surface area contributed by atoms with Gasteiger partial charge in [0.1, 0.15) is 0 Å². The van der Waals surface area contributed by atoms with E-state index in [2.05, 4.69) is 20.4 Å². The van der Waals surface area contributed by atoms with E-state index in [1.54, 1.807) is 17.0 Å². The Hall–Kier alpha value is -2.96. The lowest BCUT2D eigenvalue weighted by molar-refractivity contribution is -0.118. The van der Waals surface area contributed by atoms with Crippen molar-refractivity contribution in [3.8, 4) is 0 Å². The maximum atomic E-state index is 12.3. The second kappa shape index (κ2) is 7.08. The first-order valence-corrected chi connectivity index (χ1v) is 7.82. The van der Waals surface area contributed by atoms with E-state index in [0.29, 0.717) is 24.5 Å². The monoisotopic (exact) mass is 325 g/mol. The van der Waals surface area contributed by atoms with Gasteiger partial charge in [0.05, 0.1) is 0 Å². The van der Waals surface area contributed by atoms with Gasteiger partial charge in [0.2, 0.25) is 6.41 Å². The van der Waals surface area contributed by atoms with Crippen molar-refractivity contribution >= 4 is 24.0 Å². The van der Waals surface area contributed by atoms with Crippen molar-refractivity contribution in [1.29, 1.82) is 0 Å². The number of aromatic nitrogens is 2. The molecule has 0 unspecified atom stereocenters. The number of carbonyl (C=O) groups is 2. The van der Waals surface area contributed by atoms with Crippen LogP contribution in [0.25, 0.3) is 0 Å². The van der Waals surface area contributed by atoms with E-state index < -0.39 is 0 Å². The predicted molar refractivity (Wildman–Crippen MR) is 91.0 cm³/mol. The van der Waals surface area contributed by atoms with Crippen LogP contribution >= 0.6 is 0 Å². The molecule has 3 rings (SSSR count). The van der Waals surface area contributed by atoms with Gasteiger partial charge in [-0.2, -0.15) is 0 Å². The lowest BCUT2D eigenvalue weighted by Gasteiger charge is -2.32. The highest BCUT2D eigenvalue weighted by atomic mass is 16.1. The highest BCUT2D eigenvalue weighted by Crippen LogP contribution is 2.15. The molecule has 1 N–H and O–H groups in total. The van der Waals surface area contributed by atoms with Crippen molar-refractivity contribution < 1.29 is 9.59 Å². The number of piperazine rings is 1. The number of nitrogens with zero attached hydrogens (tertiary/aromatic N) is 4. The third-order valence-corrected chi connectivity index (χ3v) is 4.07. The van der Waals surface area contributed by atoms with Crippen molar-refractivity contribution in [2.45, 2.75) is 6.92 Å². The number of rotatable bonds is 4. The van der Waals surface area contributed by atoms with Crippen molar-refractivity contribution in [2.24, 2.45) is 0 Å². The summed E-state index contributed by atoms with van der Waals surface area (Å²) in [6.45, 7) is 4.70. The Labute approximate surface area is 140 Å². The fraction of sp³-hybridized carbons (Fsp3) is 0.294.